The first-order valence-corrected chi connectivity index (χ1v) is 6.96. The molecule has 0 aliphatic carbocycles. The van der Waals surface area contributed by atoms with Gasteiger partial charge in [-0.3, -0.25) is 0 Å². The number of benzene rings is 2. The van der Waals surface area contributed by atoms with Gasteiger partial charge in [0, 0.05) is 5.02 Å². The van der Waals surface area contributed by atoms with Crippen molar-refractivity contribution in [3.05, 3.63) is 59.1 Å². The first-order valence-electron chi connectivity index (χ1n) is 6.58. The van der Waals surface area contributed by atoms with Gasteiger partial charge in [-0.25, -0.2) is 4.79 Å². The Morgan fingerprint density at radius 3 is 2.41 bits per heavy atom. The molecule has 5 heteroatoms. The summed E-state index contributed by atoms with van der Waals surface area (Å²) in [5.74, 6) is 0.118. The molecule has 0 unspecified atom stereocenters. The van der Waals surface area contributed by atoms with Crippen molar-refractivity contribution in [2.24, 2.45) is 0 Å². The van der Waals surface area contributed by atoms with Crippen LogP contribution >= 0.6 is 11.6 Å². The summed E-state index contributed by atoms with van der Waals surface area (Å²) in [6.07, 6.45) is 0. The van der Waals surface area contributed by atoms with Crippen molar-refractivity contribution in [2.75, 3.05) is 0 Å². The van der Waals surface area contributed by atoms with Gasteiger partial charge in [-0.2, -0.15) is 5.26 Å². The highest BCUT2D eigenvalue weighted by Crippen LogP contribution is 2.24. The monoisotopic (exact) mass is 315 g/mol. The highest BCUT2D eigenvalue weighted by molar-refractivity contribution is 6.30. The first kappa shape index (κ1) is 15.9. The number of rotatable bonds is 4. The van der Waals surface area contributed by atoms with E-state index in [0.29, 0.717) is 10.8 Å². The number of esters is 1. The van der Waals surface area contributed by atoms with Gasteiger partial charge in [0.1, 0.15) is 17.6 Å². The summed E-state index contributed by atoms with van der Waals surface area (Å²) in [5.41, 5.74) is -0.922. The number of nitriles is 1. The Kier molecular flexibility index (Phi) is 4.69. The van der Waals surface area contributed by atoms with Gasteiger partial charge in [-0.05, 0) is 50.2 Å². The van der Waals surface area contributed by atoms with Gasteiger partial charge in [-0.1, -0.05) is 23.7 Å². The van der Waals surface area contributed by atoms with Crippen LogP contribution in [0.2, 0.25) is 5.02 Å². The van der Waals surface area contributed by atoms with Crippen LogP contribution in [0.4, 0.5) is 0 Å². The van der Waals surface area contributed by atoms with Gasteiger partial charge in [0.25, 0.3) is 0 Å². The molecule has 0 aliphatic heterocycles. The fourth-order valence-electron chi connectivity index (χ4n) is 1.71. The van der Waals surface area contributed by atoms with Crippen LogP contribution in [0, 0.1) is 11.3 Å². The smallest absolute Gasteiger partial charge is 0.355 e. The van der Waals surface area contributed by atoms with Crippen molar-refractivity contribution < 1.29 is 14.3 Å². The summed E-state index contributed by atoms with van der Waals surface area (Å²) in [4.78, 5) is 12.3. The third-order valence-corrected chi connectivity index (χ3v) is 3.14. The van der Waals surface area contributed by atoms with Crippen molar-refractivity contribution >= 4 is 17.6 Å². The Labute approximate surface area is 133 Å². The molecule has 2 aromatic carbocycles. The number of nitrogens with zero attached hydrogens (tertiary/aromatic N) is 1. The fourth-order valence-corrected chi connectivity index (χ4v) is 1.84. The molecule has 2 rings (SSSR count). The molecule has 0 saturated heterocycles. The summed E-state index contributed by atoms with van der Waals surface area (Å²) in [6, 6.07) is 15.2. The van der Waals surface area contributed by atoms with E-state index in [1.807, 2.05) is 6.07 Å². The molecule has 0 heterocycles. The Bertz CT molecular complexity index is 717. The predicted octanol–water partition coefficient (Wildman–Crippen LogP) is 3.97. The molecule has 0 spiro atoms. The Hall–Kier alpha value is -2.51. The lowest BCUT2D eigenvalue weighted by atomic mass is 10.1. The van der Waals surface area contributed by atoms with Crippen molar-refractivity contribution in [2.45, 2.75) is 19.4 Å². The molecule has 0 N–H and O–H groups in total. The van der Waals surface area contributed by atoms with Gasteiger partial charge >= 0.3 is 5.97 Å². The number of carbonyl (C=O) groups excluding carboxylic acids is 1. The van der Waals surface area contributed by atoms with E-state index in [9.17, 15) is 4.79 Å². The third-order valence-electron chi connectivity index (χ3n) is 2.89. The molecule has 0 aliphatic rings. The number of carbonyl (C=O) groups is 1. The van der Waals surface area contributed by atoms with E-state index in [4.69, 9.17) is 26.3 Å². The highest BCUT2D eigenvalue weighted by atomic mass is 35.5. The lowest BCUT2D eigenvalue weighted by Gasteiger charge is -2.24. The molecule has 0 atom stereocenters. The quantitative estimate of drug-likeness (QED) is 0.632. The lowest BCUT2D eigenvalue weighted by Crippen LogP contribution is -2.41. The second kappa shape index (κ2) is 6.50. The van der Waals surface area contributed by atoms with E-state index < -0.39 is 11.6 Å². The van der Waals surface area contributed by atoms with Crippen LogP contribution in [-0.2, 0) is 4.79 Å². The molecular weight excluding hydrogens is 302 g/mol. The van der Waals surface area contributed by atoms with Gasteiger partial charge in [0.05, 0.1) is 5.56 Å². The predicted molar refractivity (Wildman–Crippen MR) is 83.0 cm³/mol. The number of para-hydroxylation sites is 1. The zero-order chi connectivity index (χ0) is 16.2. The number of ether oxygens (including phenoxy) is 2. The van der Waals surface area contributed by atoms with Gasteiger partial charge < -0.3 is 9.47 Å². The Morgan fingerprint density at radius 1 is 1.14 bits per heavy atom. The van der Waals surface area contributed by atoms with Crippen LogP contribution < -0.4 is 9.47 Å². The third kappa shape index (κ3) is 3.78. The fraction of sp³-hybridized carbons (Fsp3) is 0.176. The van der Waals surface area contributed by atoms with E-state index in [0.717, 1.165) is 0 Å². The molecule has 0 radical (unpaired) electrons. The maximum Gasteiger partial charge on any atom is 0.355 e. The number of hydrogen-bond acceptors (Lipinski definition) is 4. The van der Waals surface area contributed by atoms with Crippen LogP contribution in [0.15, 0.2) is 48.5 Å². The summed E-state index contributed by atoms with van der Waals surface area (Å²) < 4.78 is 10.9. The molecule has 4 nitrogen and oxygen atoms in total. The summed E-state index contributed by atoms with van der Waals surface area (Å²) in [7, 11) is 0. The van der Waals surface area contributed by atoms with E-state index in [2.05, 4.69) is 0 Å². The molecule has 22 heavy (non-hydrogen) atoms. The van der Waals surface area contributed by atoms with Crippen molar-refractivity contribution in [1.82, 2.24) is 0 Å². The lowest BCUT2D eigenvalue weighted by molar-refractivity contribution is -0.149. The minimum atomic E-state index is -1.21. The van der Waals surface area contributed by atoms with Crippen LogP contribution in [0.1, 0.15) is 19.4 Å². The molecule has 0 aromatic heterocycles. The van der Waals surface area contributed by atoms with E-state index in [1.54, 1.807) is 62.4 Å². The zero-order valence-electron chi connectivity index (χ0n) is 12.2. The first-order chi connectivity index (χ1) is 10.4. The molecule has 0 amide bonds. The van der Waals surface area contributed by atoms with Crippen LogP contribution in [0.5, 0.6) is 11.5 Å². The van der Waals surface area contributed by atoms with E-state index in [1.165, 1.54) is 0 Å². The molecule has 0 saturated carbocycles. The average Bonchev–Trinajstić information content (AvgIpc) is 2.50. The second-order valence-electron chi connectivity index (χ2n) is 5.06. The topological polar surface area (TPSA) is 59.3 Å². The van der Waals surface area contributed by atoms with Crippen molar-refractivity contribution in [3.8, 4) is 17.6 Å². The normalized spacial score (nSPS) is 10.6. The van der Waals surface area contributed by atoms with Crippen LogP contribution in [0.3, 0.4) is 0 Å². The van der Waals surface area contributed by atoms with Gasteiger partial charge in [0.2, 0.25) is 5.60 Å². The van der Waals surface area contributed by atoms with Crippen molar-refractivity contribution in [3.63, 3.8) is 0 Å². The maximum atomic E-state index is 12.3. The Balaban J connectivity index is 2.13. The SMILES string of the molecule is CC(C)(Oc1ccc(Cl)cc1)C(=O)Oc1ccccc1C#N. The molecule has 0 bridgehead atoms. The minimum absolute atomic E-state index is 0.211. The minimum Gasteiger partial charge on any atom is -0.476 e. The highest BCUT2D eigenvalue weighted by Gasteiger charge is 2.32. The number of hydrogen-bond donors (Lipinski definition) is 0. The number of halogens is 1. The zero-order valence-corrected chi connectivity index (χ0v) is 12.9. The standard InChI is InChI=1S/C17H14ClNO3/c1-17(2,22-14-9-7-13(18)8-10-14)16(20)21-15-6-4-3-5-12(15)11-19/h3-10H,1-2H3. The Morgan fingerprint density at radius 2 is 1.77 bits per heavy atom. The largest absolute Gasteiger partial charge is 0.476 e. The summed E-state index contributed by atoms with van der Waals surface area (Å²) in [6.45, 7) is 3.19. The summed E-state index contributed by atoms with van der Waals surface area (Å²) >= 11 is 5.81. The second-order valence-corrected chi connectivity index (χ2v) is 5.50. The van der Waals surface area contributed by atoms with E-state index >= 15 is 0 Å². The summed E-state index contributed by atoms with van der Waals surface area (Å²) in [5, 5.41) is 9.59. The molecule has 0 fully saturated rings. The average molecular weight is 316 g/mol. The van der Waals surface area contributed by atoms with Crippen LogP contribution in [0.25, 0.3) is 0 Å². The molecular formula is C17H14ClNO3. The van der Waals surface area contributed by atoms with Crippen molar-refractivity contribution in [1.29, 1.82) is 5.26 Å². The van der Waals surface area contributed by atoms with E-state index in [-0.39, 0.29) is 11.3 Å². The van der Waals surface area contributed by atoms with Gasteiger partial charge in [0.15, 0.2) is 0 Å². The van der Waals surface area contributed by atoms with Crippen LogP contribution in [-0.4, -0.2) is 11.6 Å². The molecule has 2 aromatic rings. The van der Waals surface area contributed by atoms with Gasteiger partial charge in [-0.15, -0.1) is 0 Å². The maximum absolute atomic E-state index is 12.3. The molecule has 112 valence electrons.